The first-order valence-electron chi connectivity index (χ1n) is 7.48. The van der Waals surface area contributed by atoms with Crippen LogP contribution in [0.1, 0.15) is 30.8 Å². The fraction of sp³-hybridized carbons (Fsp3) is 0.278. The van der Waals surface area contributed by atoms with E-state index in [4.69, 9.17) is 4.42 Å². The zero-order valence-electron chi connectivity index (χ0n) is 12.3. The normalized spacial score (nSPS) is 12.6. The van der Waals surface area contributed by atoms with E-state index in [1.165, 1.54) is 0 Å². The van der Waals surface area contributed by atoms with Crippen LogP contribution in [0.2, 0.25) is 0 Å². The molecule has 3 rings (SSSR count). The summed E-state index contributed by atoms with van der Waals surface area (Å²) in [7, 11) is 0. The molecule has 0 radical (unpaired) electrons. The molecule has 0 saturated heterocycles. The van der Waals surface area contributed by atoms with Crippen molar-refractivity contribution in [2.75, 3.05) is 6.54 Å². The SMILES string of the molecule is CCCNC(Cc1ccccn1)c1cc2ccccc2o1. The summed E-state index contributed by atoms with van der Waals surface area (Å²) < 4.78 is 6.01. The van der Waals surface area contributed by atoms with Gasteiger partial charge < -0.3 is 9.73 Å². The summed E-state index contributed by atoms with van der Waals surface area (Å²) in [4.78, 5) is 4.42. The number of hydrogen-bond acceptors (Lipinski definition) is 3. The molecule has 0 amide bonds. The second-order valence-electron chi connectivity index (χ2n) is 5.22. The van der Waals surface area contributed by atoms with E-state index in [1.54, 1.807) is 0 Å². The lowest BCUT2D eigenvalue weighted by atomic mass is 10.1. The third-order valence-electron chi connectivity index (χ3n) is 3.57. The quantitative estimate of drug-likeness (QED) is 0.738. The number of pyridine rings is 1. The van der Waals surface area contributed by atoms with Gasteiger partial charge in [0, 0.05) is 23.7 Å². The fourth-order valence-electron chi connectivity index (χ4n) is 2.49. The average molecular weight is 280 g/mol. The van der Waals surface area contributed by atoms with E-state index < -0.39 is 0 Å². The Morgan fingerprint density at radius 3 is 2.76 bits per heavy atom. The number of rotatable bonds is 6. The largest absolute Gasteiger partial charge is 0.459 e. The molecule has 2 heterocycles. The van der Waals surface area contributed by atoms with Crippen molar-refractivity contribution in [3.8, 4) is 0 Å². The van der Waals surface area contributed by atoms with Crippen LogP contribution >= 0.6 is 0 Å². The monoisotopic (exact) mass is 280 g/mol. The molecule has 1 aromatic carbocycles. The van der Waals surface area contributed by atoms with Crippen LogP contribution in [0.15, 0.2) is 59.1 Å². The van der Waals surface area contributed by atoms with Crippen LogP contribution in [0.3, 0.4) is 0 Å². The van der Waals surface area contributed by atoms with Crippen LogP contribution in [-0.4, -0.2) is 11.5 Å². The van der Waals surface area contributed by atoms with Gasteiger partial charge in [-0.25, -0.2) is 0 Å². The lowest BCUT2D eigenvalue weighted by Gasteiger charge is -2.15. The van der Waals surface area contributed by atoms with Crippen LogP contribution in [0, 0.1) is 0 Å². The Labute approximate surface area is 125 Å². The number of fused-ring (bicyclic) bond motifs is 1. The first-order chi connectivity index (χ1) is 10.4. The number of furan rings is 1. The van der Waals surface area contributed by atoms with E-state index in [0.29, 0.717) is 0 Å². The summed E-state index contributed by atoms with van der Waals surface area (Å²) in [6.45, 7) is 3.14. The van der Waals surface area contributed by atoms with Gasteiger partial charge in [-0.15, -0.1) is 0 Å². The molecule has 0 aliphatic rings. The Hall–Kier alpha value is -2.13. The zero-order chi connectivity index (χ0) is 14.5. The Morgan fingerprint density at radius 2 is 2.00 bits per heavy atom. The van der Waals surface area contributed by atoms with Crippen molar-refractivity contribution in [1.29, 1.82) is 0 Å². The molecule has 0 bridgehead atoms. The van der Waals surface area contributed by atoms with Gasteiger partial charge in [0.2, 0.25) is 0 Å². The van der Waals surface area contributed by atoms with Crippen molar-refractivity contribution in [2.45, 2.75) is 25.8 Å². The van der Waals surface area contributed by atoms with E-state index in [-0.39, 0.29) is 6.04 Å². The van der Waals surface area contributed by atoms with Gasteiger partial charge >= 0.3 is 0 Å². The van der Waals surface area contributed by atoms with Gasteiger partial charge in [0.15, 0.2) is 0 Å². The van der Waals surface area contributed by atoms with Crippen molar-refractivity contribution in [3.05, 3.63) is 66.2 Å². The lowest BCUT2D eigenvalue weighted by molar-refractivity contribution is 0.425. The Morgan fingerprint density at radius 1 is 1.14 bits per heavy atom. The maximum atomic E-state index is 6.01. The van der Waals surface area contributed by atoms with Gasteiger partial charge in [0.1, 0.15) is 11.3 Å². The van der Waals surface area contributed by atoms with Crippen molar-refractivity contribution < 1.29 is 4.42 Å². The summed E-state index contributed by atoms with van der Waals surface area (Å²) >= 11 is 0. The maximum absolute atomic E-state index is 6.01. The molecule has 1 atom stereocenters. The van der Waals surface area contributed by atoms with Crippen LogP contribution in [0.4, 0.5) is 0 Å². The molecule has 0 aliphatic carbocycles. The molecule has 0 fully saturated rings. The predicted molar refractivity (Wildman–Crippen MR) is 85.2 cm³/mol. The van der Waals surface area contributed by atoms with Crippen LogP contribution < -0.4 is 5.32 Å². The van der Waals surface area contributed by atoms with E-state index >= 15 is 0 Å². The molecule has 2 aromatic heterocycles. The highest BCUT2D eigenvalue weighted by molar-refractivity contribution is 5.77. The van der Waals surface area contributed by atoms with Gasteiger partial charge in [-0.1, -0.05) is 31.2 Å². The number of nitrogens with one attached hydrogen (secondary N) is 1. The van der Waals surface area contributed by atoms with E-state index in [9.17, 15) is 0 Å². The van der Waals surface area contributed by atoms with Crippen molar-refractivity contribution in [2.24, 2.45) is 0 Å². The smallest absolute Gasteiger partial charge is 0.134 e. The van der Waals surface area contributed by atoms with Crippen LogP contribution in [-0.2, 0) is 6.42 Å². The highest BCUT2D eigenvalue weighted by Gasteiger charge is 2.16. The fourth-order valence-corrected chi connectivity index (χ4v) is 2.49. The van der Waals surface area contributed by atoms with Crippen LogP contribution in [0.5, 0.6) is 0 Å². The van der Waals surface area contributed by atoms with Crippen molar-refractivity contribution in [1.82, 2.24) is 10.3 Å². The molecule has 1 N–H and O–H groups in total. The molecule has 21 heavy (non-hydrogen) atoms. The van der Waals surface area contributed by atoms with E-state index in [0.717, 1.165) is 41.8 Å². The third-order valence-corrected chi connectivity index (χ3v) is 3.57. The first-order valence-corrected chi connectivity index (χ1v) is 7.48. The molecule has 0 spiro atoms. The minimum Gasteiger partial charge on any atom is -0.459 e. The summed E-state index contributed by atoms with van der Waals surface area (Å²) in [5.74, 6) is 0.982. The zero-order valence-corrected chi connectivity index (χ0v) is 12.3. The standard InChI is InChI=1S/C18H20N2O/c1-2-10-20-16(13-15-8-5-6-11-19-15)18-12-14-7-3-4-9-17(14)21-18/h3-9,11-12,16,20H,2,10,13H2,1H3. The minimum atomic E-state index is 0.159. The highest BCUT2D eigenvalue weighted by atomic mass is 16.3. The number of aromatic nitrogens is 1. The van der Waals surface area contributed by atoms with Crippen molar-refractivity contribution >= 4 is 11.0 Å². The number of para-hydroxylation sites is 1. The molecule has 3 nitrogen and oxygen atoms in total. The molecule has 108 valence electrons. The molecular formula is C18H20N2O. The predicted octanol–water partition coefficient (Wildman–Crippen LogP) is 4.11. The van der Waals surface area contributed by atoms with Gasteiger partial charge in [-0.3, -0.25) is 4.98 Å². The second kappa shape index (κ2) is 6.55. The van der Waals surface area contributed by atoms with Crippen molar-refractivity contribution in [3.63, 3.8) is 0 Å². The number of benzene rings is 1. The topological polar surface area (TPSA) is 38.1 Å². The first kappa shape index (κ1) is 13.8. The molecule has 3 aromatic rings. The average Bonchev–Trinajstić information content (AvgIpc) is 2.96. The molecule has 0 saturated carbocycles. The van der Waals surface area contributed by atoms with Gasteiger partial charge in [-0.05, 0) is 37.2 Å². The van der Waals surface area contributed by atoms with E-state index in [1.807, 2.05) is 36.5 Å². The summed E-state index contributed by atoms with van der Waals surface area (Å²) in [5, 5.41) is 4.71. The van der Waals surface area contributed by atoms with E-state index in [2.05, 4.69) is 35.4 Å². The number of hydrogen-bond donors (Lipinski definition) is 1. The molecule has 0 aliphatic heterocycles. The minimum absolute atomic E-state index is 0.159. The highest BCUT2D eigenvalue weighted by Crippen LogP contribution is 2.25. The Bertz CT molecular complexity index is 658. The second-order valence-corrected chi connectivity index (χ2v) is 5.22. The Kier molecular flexibility index (Phi) is 4.31. The summed E-state index contributed by atoms with van der Waals surface area (Å²) in [6.07, 6.45) is 3.77. The number of nitrogens with zero attached hydrogens (tertiary/aromatic N) is 1. The Balaban J connectivity index is 1.87. The summed E-state index contributed by atoms with van der Waals surface area (Å²) in [6, 6.07) is 16.5. The maximum Gasteiger partial charge on any atom is 0.134 e. The molecular weight excluding hydrogens is 260 g/mol. The molecule has 1 unspecified atom stereocenters. The third kappa shape index (κ3) is 3.31. The van der Waals surface area contributed by atoms with Crippen LogP contribution in [0.25, 0.3) is 11.0 Å². The molecule has 3 heteroatoms. The lowest BCUT2D eigenvalue weighted by Crippen LogP contribution is -2.24. The summed E-state index contributed by atoms with van der Waals surface area (Å²) in [5.41, 5.74) is 2.02. The van der Waals surface area contributed by atoms with Gasteiger partial charge in [0.05, 0.1) is 6.04 Å². The van der Waals surface area contributed by atoms with Gasteiger partial charge in [0.25, 0.3) is 0 Å². The van der Waals surface area contributed by atoms with Gasteiger partial charge in [-0.2, -0.15) is 0 Å².